The molecule has 0 amide bonds. The van der Waals surface area contributed by atoms with E-state index in [0.717, 1.165) is 21.8 Å². The highest BCUT2D eigenvalue weighted by atomic mass is 79.9. The van der Waals surface area contributed by atoms with Gasteiger partial charge in [0.15, 0.2) is 0 Å². The van der Waals surface area contributed by atoms with Gasteiger partial charge in [-0.25, -0.2) is 0 Å². The minimum Gasteiger partial charge on any atom is -0.0654 e. The largest absolute Gasteiger partial charge is 0.0714 e. The second-order valence-electron chi connectivity index (χ2n) is 22.7. The lowest BCUT2D eigenvalue weighted by Gasteiger charge is -2.35. The van der Waals surface area contributed by atoms with Gasteiger partial charge in [0.25, 0.3) is 0 Å². The highest BCUT2D eigenvalue weighted by Crippen LogP contribution is 2.59. The van der Waals surface area contributed by atoms with Gasteiger partial charge in [-0.3, -0.25) is 0 Å². The van der Waals surface area contributed by atoms with Crippen molar-refractivity contribution in [3.8, 4) is 33.4 Å². The van der Waals surface area contributed by atoms with Crippen LogP contribution in [0, 0.1) is 0 Å². The zero-order valence-electron chi connectivity index (χ0n) is 45.0. The Morgan fingerprint density at radius 3 is 1.01 bits per heavy atom. The van der Waals surface area contributed by atoms with E-state index in [2.05, 4.69) is 252 Å². The highest BCUT2D eigenvalue weighted by molar-refractivity contribution is 9.11. The number of benzene rings is 14. The third kappa shape index (κ3) is 7.50. The summed E-state index contributed by atoms with van der Waals surface area (Å²) in [4.78, 5) is 0. The van der Waals surface area contributed by atoms with Crippen LogP contribution in [0.15, 0.2) is 215 Å². The Morgan fingerprint density at radius 2 is 0.620 bits per heavy atom. The number of unbranched alkanes of at least 4 members (excludes halogenated alkanes) is 6. The number of hydrogen-bond acceptors (Lipinski definition) is 0. The molecule has 1 aliphatic carbocycles. The Bertz CT molecular complexity index is 4350. The van der Waals surface area contributed by atoms with E-state index in [4.69, 9.17) is 0 Å². The summed E-state index contributed by atoms with van der Waals surface area (Å²) in [7, 11) is 0. The summed E-state index contributed by atoms with van der Waals surface area (Å²) >= 11 is 7.80. The van der Waals surface area contributed by atoms with Crippen molar-refractivity contribution in [2.24, 2.45) is 0 Å². The van der Waals surface area contributed by atoms with E-state index in [9.17, 15) is 0 Å². The summed E-state index contributed by atoms with van der Waals surface area (Å²) in [6.07, 6.45) is 12.2. The molecular weight excluding hydrogens is 1080 g/mol. The molecule has 0 unspecified atom stereocenters. The van der Waals surface area contributed by atoms with Crippen LogP contribution in [-0.4, -0.2) is 0 Å². The number of aryl methyl sites for hydroxylation is 2. The summed E-state index contributed by atoms with van der Waals surface area (Å²) in [5, 5.41) is 20.8. The molecule has 14 aromatic carbocycles. The smallest absolute Gasteiger partial charge is 0.0654 e. The van der Waals surface area contributed by atoms with Crippen LogP contribution < -0.4 is 0 Å². The Labute approximate surface area is 480 Å². The molecular formula is C77H60Br2. The molecule has 1 aliphatic rings. The van der Waals surface area contributed by atoms with Gasteiger partial charge < -0.3 is 0 Å². The molecule has 14 aromatic rings. The summed E-state index contributed by atoms with van der Waals surface area (Å²) in [6, 6.07) is 80.8. The van der Waals surface area contributed by atoms with E-state index in [1.165, 1.54) is 204 Å². The molecule has 2 heteroatoms. The predicted octanol–water partition coefficient (Wildman–Crippen LogP) is 23.3. The van der Waals surface area contributed by atoms with E-state index in [-0.39, 0.29) is 0 Å². The fourth-order valence-corrected chi connectivity index (χ4v) is 15.6. The predicted molar refractivity (Wildman–Crippen MR) is 348 cm³/mol. The zero-order chi connectivity index (χ0) is 52.9. The minimum atomic E-state index is -0.610. The first-order valence-electron chi connectivity index (χ1n) is 29.0. The monoisotopic (exact) mass is 1140 g/mol. The van der Waals surface area contributed by atoms with Gasteiger partial charge in [-0.15, -0.1) is 0 Å². The molecule has 15 rings (SSSR count). The highest BCUT2D eigenvalue weighted by Gasteiger charge is 2.47. The van der Waals surface area contributed by atoms with E-state index in [1.807, 2.05) is 0 Å². The van der Waals surface area contributed by atoms with Crippen LogP contribution in [0.25, 0.3) is 120 Å². The lowest BCUT2D eigenvalue weighted by molar-refractivity contribution is 0.666. The van der Waals surface area contributed by atoms with Gasteiger partial charge in [0.1, 0.15) is 0 Å². The molecule has 79 heavy (non-hydrogen) atoms. The molecule has 0 atom stereocenters. The maximum atomic E-state index is 3.90. The number of rotatable bonds is 14. The Kier molecular flexibility index (Phi) is 12.0. The molecule has 0 spiro atoms. The quantitative estimate of drug-likeness (QED) is 0.0578. The van der Waals surface area contributed by atoms with Gasteiger partial charge in [-0.05, 0) is 203 Å². The molecule has 382 valence electrons. The maximum absolute atomic E-state index is 3.90. The fraction of sp³-hybridized carbons (Fsp3) is 0.169. The number of hydrogen-bond donors (Lipinski definition) is 0. The van der Waals surface area contributed by atoms with Crippen molar-refractivity contribution >= 4 is 118 Å². The van der Waals surface area contributed by atoms with Gasteiger partial charge in [0.05, 0.1) is 5.41 Å². The molecule has 0 radical (unpaired) electrons. The van der Waals surface area contributed by atoms with Crippen molar-refractivity contribution in [1.82, 2.24) is 0 Å². The zero-order valence-corrected chi connectivity index (χ0v) is 48.1. The topological polar surface area (TPSA) is 0 Å². The van der Waals surface area contributed by atoms with Crippen LogP contribution >= 0.6 is 31.9 Å². The first-order valence-corrected chi connectivity index (χ1v) is 30.6. The number of halogens is 2. The second kappa shape index (κ2) is 19.5. The van der Waals surface area contributed by atoms with Gasteiger partial charge >= 0.3 is 0 Å². The summed E-state index contributed by atoms with van der Waals surface area (Å²) in [5.41, 5.74) is 15.2. The summed E-state index contributed by atoms with van der Waals surface area (Å²) < 4.78 is 2.27. The molecule has 0 fully saturated rings. The van der Waals surface area contributed by atoms with Crippen LogP contribution in [0.3, 0.4) is 0 Å². The van der Waals surface area contributed by atoms with Crippen LogP contribution in [0.2, 0.25) is 0 Å². The SMILES string of the molecule is CCCCCCc1ccc(C2(c3ccc(CCCCCC)cc3)c3cc(-c4ccc5c6cccc7c(Br)ccc(c8cccc4c85)c76)ccc3-c3ccc(-c4ccc5c6cccc7c(Br)ccc(c8cccc4c85)c76)cc32)cc1. The Hall–Kier alpha value is -7.36. The molecule has 0 bridgehead atoms. The van der Waals surface area contributed by atoms with E-state index in [1.54, 1.807) is 0 Å². The van der Waals surface area contributed by atoms with Crippen LogP contribution in [0.4, 0.5) is 0 Å². The minimum absolute atomic E-state index is 0.610. The molecule has 0 aliphatic heterocycles. The van der Waals surface area contributed by atoms with Gasteiger partial charge in [0.2, 0.25) is 0 Å². The normalized spacial score (nSPS) is 13.2. The van der Waals surface area contributed by atoms with Crippen LogP contribution in [0.1, 0.15) is 98.6 Å². The number of fused-ring (bicyclic) bond motifs is 7. The Morgan fingerprint density at radius 1 is 0.291 bits per heavy atom. The third-order valence-corrected chi connectivity index (χ3v) is 19.8. The van der Waals surface area contributed by atoms with Crippen molar-refractivity contribution in [3.63, 3.8) is 0 Å². The first kappa shape index (κ1) is 48.7. The molecule has 0 nitrogen and oxygen atoms in total. The fourth-order valence-electron chi connectivity index (χ4n) is 14.7. The van der Waals surface area contributed by atoms with Crippen molar-refractivity contribution in [2.45, 2.75) is 83.5 Å². The maximum Gasteiger partial charge on any atom is 0.0714 e. The van der Waals surface area contributed by atoms with Gasteiger partial charge in [-0.2, -0.15) is 0 Å². The van der Waals surface area contributed by atoms with E-state index in [0.29, 0.717) is 0 Å². The summed E-state index contributed by atoms with van der Waals surface area (Å²) in [5.74, 6) is 0. The second-order valence-corrected chi connectivity index (χ2v) is 24.4. The Balaban J connectivity index is 0.971. The first-order chi connectivity index (χ1) is 38.9. The molecule has 0 saturated heterocycles. The lowest BCUT2D eigenvalue weighted by Crippen LogP contribution is -2.28. The van der Waals surface area contributed by atoms with Gasteiger partial charge in [-0.1, -0.05) is 266 Å². The van der Waals surface area contributed by atoms with Crippen LogP contribution in [-0.2, 0) is 18.3 Å². The van der Waals surface area contributed by atoms with Crippen molar-refractivity contribution in [1.29, 1.82) is 0 Å². The average molecular weight is 1150 g/mol. The van der Waals surface area contributed by atoms with Gasteiger partial charge in [0, 0.05) is 8.95 Å². The van der Waals surface area contributed by atoms with E-state index < -0.39 is 5.41 Å². The van der Waals surface area contributed by atoms with Crippen LogP contribution in [0.5, 0.6) is 0 Å². The molecule has 0 aromatic heterocycles. The average Bonchev–Trinajstić information content (AvgIpc) is 3.69. The third-order valence-electron chi connectivity index (χ3n) is 18.4. The molecule has 0 N–H and O–H groups in total. The van der Waals surface area contributed by atoms with E-state index >= 15 is 0 Å². The molecule has 0 saturated carbocycles. The summed E-state index contributed by atoms with van der Waals surface area (Å²) in [6.45, 7) is 4.61. The van der Waals surface area contributed by atoms with Crippen molar-refractivity contribution in [2.75, 3.05) is 0 Å². The lowest BCUT2D eigenvalue weighted by atomic mass is 9.66. The van der Waals surface area contributed by atoms with Crippen molar-refractivity contribution in [3.05, 3.63) is 249 Å². The van der Waals surface area contributed by atoms with Crippen molar-refractivity contribution < 1.29 is 0 Å². The molecule has 0 heterocycles. The standard InChI is InChI=1S/C77H60Br2/c1-3-5-7-9-15-47-25-31-51(32-26-47)77(52-33-27-48(28-34-52)16-10-8-6-4-2)69-45-49(53-37-39-63-61-21-13-23-67-71(78)43-41-65(75(61)67)59-19-11-17-57(53)73(59)63)29-35-55(69)56-36-30-50(46-70(56)77)54-38-40-64-62-22-14-24-68-72(79)44-42-66(76(62)68)60-20-12-18-58(54)74(60)64/h11-14,17-46H,3-10,15-16H2,1-2H3.